The minimum Gasteiger partial charge on any atom is -0.480 e. The van der Waals surface area contributed by atoms with Crippen molar-refractivity contribution in [3.8, 4) is 0 Å². The van der Waals surface area contributed by atoms with Gasteiger partial charge in [0.15, 0.2) is 0 Å². The van der Waals surface area contributed by atoms with E-state index >= 15 is 0 Å². The molecule has 0 unspecified atom stereocenters. The first kappa shape index (κ1) is 18.6. The summed E-state index contributed by atoms with van der Waals surface area (Å²) in [5.41, 5.74) is 0.708. The number of hydrogen-bond acceptors (Lipinski definition) is 5. The van der Waals surface area contributed by atoms with Crippen molar-refractivity contribution < 1.29 is 34.1 Å². The molecule has 0 spiro atoms. The molecule has 1 aromatic rings. The molecule has 0 heterocycles. The van der Waals surface area contributed by atoms with E-state index in [2.05, 4.69) is 5.32 Å². The molecule has 8 nitrogen and oxygen atoms in total. The lowest BCUT2D eigenvalue weighted by molar-refractivity contribution is -0.142. The standard InChI is InChI=1S/C15H19NO7/c1-22-6-7-23-9-13(17)16-12(15(20)21)8-10-2-4-11(5-3-10)14(18)19/h2-5,12H,6-9H2,1H3,(H,16,17)(H,18,19)(H,20,21)/t12-/m0/s1. The predicted octanol–water partition coefficient (Wildman–Crippen LogP) is 0.160. The number of amides is 1. The van der Waals surface area contributed by atoms with Gasteiger partial charge in [-0.25, -0.2) is 9.59 Å². The number of ether oxygens (including phenoxy) is 2. The quantitative estimate of drug-likeness (QED) is 0.524. The molecule has 0 aliphatic rings. The summed E-state index contributed by atoms with van der Waals surface area (Å²) in [4.78, 5) is 33.6. The highest BCUT2D eigenvalue weighted by molar-refractivity contribution is 5.87. The Kier molecular flexibility index (Phi) is 7.72. The van der Waals surface area contributed by atoms with Crippen molar-refractivity contribution >= 4 is 17.8 Å². The second-order valence-corrected chi connectivity index (χ2v) is 4.71. The molecule has 3 N–H and O–H groups in total. The van der Waals surface area contributed by atoms with Crippen LogP contribution >= 0.6 is 0 Å². The lowest BCUT2D eigenvalue weighted by atomic mass is 10.0. The number of aromatic carboxylic acids is 1. The van der Waals surface area contributed by atoms with Gasteiger partial charge in [-0.15, -0.1) is 0 Å². The molecule has 1 amide bonds. The fourth-order valence-corrected chi connectivity index (χ4v) is 1.76. The molecule has 0 aliphatic heterocycles. The van der Waals surface area contributed by atoms with Crippen LogP contribution in [0.25, 0.3) is 0 Å². The second-order valence-electron chi connectivity index (χ2n) is 4.71. The van der Waals surface area contributed by atoms with Gasteiger partial charge in [0.25, 0.3) is 0 Å². The zero-order chi connectivity index (χ0) is 17.2. The third-order valence-electron chi connectivity index (χ3n) is 2.94. The van der Waals surface area contributed by atoms with E-state index in [4.69, 9.17) is 19.7 Å². The van der Waals surface area contributed by atoms with Gasteiger partial charge in [0.2, 0.25) is 5.91 Å². The molecule has 0 radical (unpaired) electrons. The van der Waals surface area contributed by atoms with Gasteiger partial charge in [-0.05, 0) is 17.7 Å². The van der Waals surface area contributed by atoms with Crippen molar-refractivity contribution in [2.45, 2.75) is 12.5 Å². The maximum absolute atomic E-state index is 11.6. The van der Waals surface area contributed by atoms with Crippen LogP contribution in [0.15, 0.2) is 24.3 Å². The first-order valence-electron chi connectivity index (χ1n) is 6.85. The Balaban J connectivity index is 2.56. The van der Waals surface area contributed by atoms with Gasteiger partial charge in [0.1, 0.15) is 12.6 Å². The van der Waals surface area contributed by atoms with Crippen LogP contribution in [-0.2, 0) is 25.5 Å². The van der Waals surface area contributed by atoms with Crippen molar-refractivity contribution in [2.24, 2.45) is 0 Å². The summed E-state index contributed by atoms with van der Waals surface area (Å²) < 4.78 is 9.77. The third kappa shape index (κ3) is 6.90. The highest BCUT2D eigenvalue weighted by Gasteiger charge is 2.20. The third-order valence-corrected chi connectivity index (χ3v) is 2.94. The lowest BCUT2D eigenvalue weighted by Gasteiger charge is -2.15. The van der Waals surface area contributed by atoms with Crippen molar-refractivity contribution in [3.63, 3.8) is 0 Å². The monoisotopic (exact) mass is 325 g/mol. The van der Waals surface area contributed by atoms with Gasteiger partial charge in [-0.3, -0.25) is 4.79 Å². The van der Waals surface area contributed by atoms with Gasteiger partial charge in [0, 0.05) is 13.5 Å². The summed E-state index contributed by atoms with van der Waals surface area (Å²) in [5, 5.41) is 20.3. The van der Waals surface area contributed by atoms with E-state index in [-0.39, 0.29) is 25.2 Å². The van der Waals surface area contributed by atoms with Crippen LogP contribution in [0.2, 0.25) is 0 Å². The Bertz CT molecular complexity index is 541. The van der Waals surface area contributed by atoms with Crippen LogP contribution in [-0.4, -0.2) is 61.0 Å². The van der Waals surface area contributed by atoms with Crippen LogP contribution < -0.4 is 5.32 Å². The first-order valence-corrected chi connectivity index (χ1v) is 6.85. The van der Waals surface area contributed by atoms with Crippen LogP contribution in [0.5, 0.6) is 0 Å². The molecule has 0 saturated carbocycles. The molecule has 0 bridgehead atoms. The van der Waals surface area contributed by atoms with Gasteiger partial charge in [-0.2, -0.15) is 0 Å². The molecule has 23 heavy (non-hydrogen) atoms. The molecule has 0 aliphatic carbocycles. The van der Waals surface area contributed by atoms with Crippen molar-refractivity contribution in [1.82, 2.24) is 5.32 Å². The molecule has 126 valence electrons. The largest absolute Gasteiger partial charge is 0.480 e. The number of methoxy groups -OCH3 is 1. The van der Waals surface area contributed by atoms with Gasteiger partial charge in [0.05, 0.1) is 18.8 Å². The van der Waals surface area contributed by atoms with Gasteiger partial charge in [-0.1, -0.05) is 12.1 Å². The number of benzene rings is 1. The van der Waals surface area contributed by atoms with Crippen molar-refractivity contribution in [2.75, 3.05) is 26.9 Å². The van der Waals surface area contributed by atoms with E-state index in [0.717, 1.165) is 0 Å². The highest BCUT2D eigenvalue weighted by Crippen LogP contribution is 2.07. The Morgan fingerprint density at radius 2 is 1.78 bits per heavy atom. The number of carboxylic acids is 2. The van der Waals surface area contributed by atoms with Crippen LogP contribution in [0, 0.1) is 0 Å². The summed E-state index contributed by atoms with van der Waals surface area (Å²) in [7, 11) is 1.50. The van der Waals surface area contributed by atoms with E-state index in [9.17, 15) is 14.4 Å². The maximum Gasteiger partial charge on any atom is 0.335 e. The minimum atomic E-state index is -1.18. The van der Waals surface area contributed by atoms with E-state index in [1.54, 1.807) is 0 Å². The number of carbonyl (C=O) groups is 3. The van der Waals surface area contributed by atoms with Crippen molar-refractivity contribution in [1.29, 1.82) is 0 Å². The fraction of sp³-hybridized carbons (Fsp3) is 0.400. The smallest absolute Gasteiger partial charge is 0.335 e. The van der Waals surface area contributed by atoms with Crippen LogP contribution in [0.3, 0.4) is 0 Å². The number of hydrogen-bond donors (Lipinski definition) is 3. The van der Waals surface area contributed by atoms with Crippen LogP contribution in [0.4, 0.5) is 0 Å². The topological polar surface area (TPSA) is 122 Å². The summed E-state index contributed by atoms with van der Waals surface area (Å²) >= 11 is 0. The maximum atomic E-state index is 11.6. The van der Waals surface area contributed by atoms with Gasteiger partial charge < -0.3 is 25.0 Å². The Hall–Kier alpha value is -2.45. The predicted molar refractivity (Wildman–Crippen MR) is 79.4 cm³/mol. The summed E-state index contributed by atoms with van der Waals surface area (Å²) in [6.45, 7) is 0.314. The van der Waals surface area contributed by atoms with Crippen molar-refractivity contribution in [3.05, 3.63) is 35.4 Å². The Morgan fingerprint density at radius 3 is 2.30 bits per heavy atom. The summed E-state index contributed by atoms with van der Waals surface area (Å²) in [5.74, 6) is -2.79. The van der Waals surface area contributed by atoms with E-state index < -0.39 is 23.9 Å². The first-order chi connectivity index (χ1) is 10.9. The molecular formula is C15H19NO7. The second kappa shape index (κ2) is 9.54. The number of aliphatic carboxylic acids is 1. The molecular weight excluding hydrogens is 306 g/mol. The number of carbonyl (C=O) groups excluding carboxylic acids is 1. The minimum absolute atomic E-state index is 0.0407. The molecule has 8 heteroatoms. The highest BCUT2D eigenvalue weighted by atomic mass is 16.5. The van der Waals surface area contributed by atoms with Gasteiger partial charge >= 0.3 is 11.9 Å². The molecule has 1 rings (SSSR count). The zero-order valence-corrected chi connectivity index (χ0v) is 12.7. The number of carboxylic acid groups (broad SMARTS) is 2. The molecule has 0 aromatic heterocycles. The Labute approximate surface area is 133 Å². The normalized spacial score (nSPS) is 11.7. The molecule has 1 atom stereocenters. The average Bonchev–Trinajstić information content (AvgIpc) is 2.51. The summed E-state index contributed by atoms with van der Waals surface area (Å²) in [6, 6.07) is 4.67. The fourth-order valence-electron chi connectivity index (χ4n) is 1.76. The number of nitrogens with one attached hydrogen (secondary N) is 1. The molecule has 0 fully saturated rings. The van der Waals surface area contributed by atoms with E-state index in [0.29, 0.717) is 12.2 Å². The SMILES string of the molecule is COCCOCC(=O)N[C@@H](Cc1ccc(C(=O)O)cc1)C(=O)O. The number of rotatable bonds is 10. The van der Waals surface area contributed by atoms with E-state index in [1.807, 2.05) is 0 Å². The van der Waals surface area contributed by atoms with E-state index in [1.165, 1.54) is 31.4 Å². The molecule has 1 aromatic carbocycles. The average molecular weight is 325 g/mol. The summed E-state index contributed by atoms with van der Waals surface area (Å²) in [6.07, 6.45) is 0.0407. The lowest BCUT2D eigenvalue weighted by Crippen LogP contribution is -2.44. The zero-order valence-electron chi connectivity index (χ0n) is 12.7. The molecule has 0 saturated heterocycles. The Morgan fingerprint density at radius 1 is 1.13 bits per heavy atom. The van der Waals surface area contributed by atoms with Crippen LogP contribution in [0.1, 0.15) is 15.9 Å².